The van der Waals surface area contributed by atoms with Gasteiger partial charge in [0.05, 0.1) is 10.8 Å². The molecule has 134 valence electrons. The molecule has 0 saturated heterocycles. The Morgan fingerprint density at radius 1 is 1.00 bits per heavy atom. The summed E-state index contributed by atoms with van der Waals surface area (Å²) < 4.78 is 1.06. The van der Waals surface area contributed by atoms with Gasteiger partial charge in [-0.15, -0.1) is 0 Å². The zero-order valence-corrected chi connectivity index (χ0v) is 14.2. The molecule has 1 aromatic heterocycles. The predicted octanol–water partition coefficient (Wildman–Crippen LogP) is 0.677. The lowest BCUT2D eigenvalue weighted by Gasteiger charge is -2.22. The summed E-state index contributed by atoms with van der Waals surface area (Å²) in [6, 6.07) is 16.1. The Hall–Kier alpha value is -3.19. The van der Waals surface area contributed by atoms with Gasteiger partial charge in [0.2, 0.25) is 5.91 Å². The molecule has 0 bridgehead atoms. The molecule has 0 fully saturated rings. The number of nitrogens with two attached hydrogens (primary N) is 1. The van der Waals surface area contributed by atoms with Crippen molar-refractivity contribution in [2.24, 2.45) is 5.73 Å². The van der Waals surface area contributed by atoms with E-state index in [9.17, 15) is 14.4 Å². The van der Waals surface area contributed by atoms with Gasteiger partial charge in [-0.25, -0.2) is 4.68 Å². The molecule has 0 aliphatic heterocycles. The summed E-state index contributed by atoms with van der Waals surface area (Å²) in [5.41, 5.74) is 5.79. The van der Waals surface area contributed by atoms with E-state index in [1.165, 1.54) is 0 Å². The van der Waals surface area contributed by atoms with Crippen molar-refractivity contribution in [1.82, 2.24) is 14.7 Å². The van der Waals surface area contributed by atoms with Crippen LogP contribution in [0.15, 0.2) is 64.2 Å². The summed E-state index contributed by atoms with van der Waals surface area (Å²) in [5.74, 6) is -0.285. The van der Waals surface area contributed by atoms with Crippen LogP contribution < -0.4 is 16.9 Å². The highest BCUT2D eigenvalue weighted by Crippen LogP contribution is 2.06. The number of aromatic amines is 1. The zero-order valence-electron chi connectivity index (χ0n) is 14.2. The summed E-state index contributed by atoms with van der Waals surface area (Å²) in [6.45, 7) is 0.817. The molecule has 3 aromatic rings. The molecule has 7 nitrogen and oxygen atoms in total. The molecule has 26 heavy (non-hydrogen) atoms. The topological polar surface area (TPSA) is 101 Å². The summed E-state index contributed by atoms with van der Waals surface area (Å²) in [4.78, 5) is 39.0. The first kappa shape index (κ1) is 17.6. The van der Waals surface area contributed by atoms with Crippen molar-refractivity contribution in [3.63, 3.8) is 0 Å². The van der Waals surface area contributed by atoms with Crippen LogP contribution in [-0.4, -0.2) is 33.7 Å². The highest BCUT2D eigenvalue weighted by atomic mass is 16.2. The van der Waals surface area contributed by atoms with E-state index in [-0.39, 0.29) is 17.8 Å². The molecule has 0 radical (unpaired) electrons. The molecule has 0 unspecified atom stereocenters. The third-order valence-electron chi connectivity index (χ3n) is 4.15. The molecule has 7 heteroatoms. The van der Waals surface area contributed by atoms with E-state index < -0.39 is 11.1 Å². The minimum absolute atomic E-state index is 0.244. The average Bonchev–Trinajstić information content (AvgIpc) is 2.66. The number of nitrogens with zero attached hydrogens (tertiary/aromatic N) is 2. The Kier molecular flexibility index (Phi) is 5.28. The van der Waals surface area contributed by atoms with E-state index in [0.29, 0.717) is 25.0 Å². The van der Waals surface area contributed by atoms with Gasteiger partial charge in [0, 0.05) is 19.6 Å². The van der Waals surface area contributed by atoms with Crippen LogP contribution >= 0.6 is 0 Å². The number of fused-ring (bicyclic) bond motifs is 1. The van der Waals surface area contributed by atoms with E-state index in [0.717, 1.165) is 10.2 Å². The van der Waals surface area contributed by atoms with Crippen molar-refractivity contribution < 1.29 is 4.79 Å². The number of nitrogens with one attached hydrogen (secondary N) is 1. The van der Waals surface area contributed by atoms with Crippen molar-refractivity contribution in [2.75, 3.05) is 13.1 Å². The Morgan fingerprint density at radius 3 is 2.35 bits per heavy atom. The summed E-state index contributed by atoms with van der Waals surface area (Å²) in [6.07, 6.45) is 0. The lowest BCUT2D eigenvalue weighted by atomic mass is 10.2. The van der Waals surface area contributed by atoms with Gasteiger partial charge < -0.3 is 10.6 Å². The average molecular weight is 352 g/mol. The molecule has 0 aliphatic carbocycles. The van der Waals surface area contributed by atoms with Gasteiger partial charge in [0.15, 0.2) is 0 Å². The van der Waals surface area contributed by atoms with E-state index >= 15 is 0 Å². The fourth-order valence-corrected chi connectivity index (χ4v) is 2.84. The number of amides is 1. The maximum atomic E-state index is 12.7. The normalized spacial score (nSPS) is 10.8. The number of benzene rings is 2. The standard InChI is InChI=1S/C19H20N4O3/c20-10-11-22(12-14-6-2-1-3-7-14)17(24)13-23-19(26)16-9-5-4-8-15(16)18(25)21-23/h1-9H,10-13,20H2,(H,21,25). The van der Waals surface area contributed by atoms with Crippen LogP contribution in [-0.2, 0) is 17.9 Å². The van der Waals surface area contributed by atoms with Crippen molar-refractivity contribution in [3.05, 3.63) is 80.9 Å². The Balaban J connectivity index is 1.88. The number of hydrogen-bond donors (Lipinski definition) is 2. The van der Waals surface area contributed by atoms with Crippen LogP contribution in [0.1, 0.15) is 5.56 Å². The van der Waals surface area contributed by atoms with Gasteiger partial charge in [-0.3, -0.25) is 19.5 Å². The second kappa shape index (κ2) is 7.79. The molecule has 3 rings (SSSR count). The van der Waals surface area contributed by atoms with Gasteiger partial charge in [-0.1, -0.05) is 42.5 Å². The lowest BCUT2D eigenvalue weighted by molar-refractivity contribution is -0.132. The number of carbonyl (C=O) groups excluding carboxylic acids is 1. The smallest absolute Gasteiger partial charge is 0.273 e. The highest BCUT2D eigenvalue weighted by Gasteiger charge is 2.16. The molecular formula is C19H20N4O3. The molecule has 0 atom stereocenters. The van der Waals surface area contributed by atoms with Gasteiger partial charge >= 0.3 is 0 Å². The van der Waals surface area contributed by atoms with E-state index in [4.69, 9.17) is 5.73 Å². The monoisotopic (exact) mass is 352 g/mol. The number of H-pyrrole nitrogens is 1. The van der Waals surface area contributed by atoms with Crippen LogP contribution in [0.25, 0.3) is 10.8 Å². The van der Waals surface area contributed by atoms with Crippen molar-refractivity contribution in [3.8, 4) is 0 Å². The van der Waals surface area contributed by atoms with Crippen LogP contribution in [0, 0.1) is 0 Å². The second-order valence-electron chi connectivity index (χ2n) is 5.97. The Morgan fingerprint density at radius 2 is 1.65 bits per heavy atom. The largest absolute Gasteiger partial charge is 0.335 e. The van der Waals surface area contributed by atoms with Crippen molar-refractivity contribution in [2.45, 2.75) is 13.1 Å². The van der Waals surface area contributed by atoms with E-state index in [2.05, 4.69) is 5.10 Å². The zero-order chi connectivity index (χ0) is 18.5. The number of aromatic nitrogens is 2. The maximum Gasteiger partial charge on any atom is 0.273 e. The minimum Gasteiger partial charge on any atom is -0.335 e. The van der Waals surface area contributed by atoms with Gasteiger partial charge in [-0.2, -0.15) is 0 Å². The van der Waals surface area contributed by atoms with Gasteiger partial charge in [0.1, 0.15) is 6.54 Å². The fourth-order valence-electron chi connectivity index (χ4n) is 2.84. The van der Waals surface area contributed by atoms with E-state index in [1.807, 2.05) is 30.3 Å². The molecule has 1 heterocycles. The molecule has 2 aromatic carbocycles. The molecule has 3 N–H and O–H groups in total. The van der Waals surface area contributed by atoms with Crippen LogP contribution in [0.3, 0.4) is 0 Å². The third-order valence-corrected chi connectivity index (χ3v) is 4.15. The third kappa shape index (κ3) is 3.73. The number of hydrogen-bond acceptors (Lipinski definition) is 4. The summed E-state index contributed by atoms with van der Waals surface area (Å²) >= 11 is 0. The first-order valence-corrected chi connectivity index (χ1v) is 8.34. The highest BCUT2D eigenvalue weighted by molar-refractivity contribution is 5.81. The fraction of sp³-hybridized carbons (Fsp3) is 0.211. The second-order valence-corrected chi connectivity index (χ2v) is 5.97. The number of rotatable bonds is 6. The molecule has 1 amide bonds. The predicted molar refractivity (Wildman–Crippen MR) is 99.7 cm³/mol. The van der Waals surface area contributed by atoms with Gasteiger partial charge in [0.25, 0.3) is 11.1 Å². The molecule has 0 saturated carbocycles. The Labute approximate surface area is 149 Å². The lowest BCUT2D eigenvalue weighted by Crippen LogP contribution is -2.40. The first-order chi connectivity index (χ1) is 12.6. The quantitative estimate of drug-likeness (QED) is 0.681. The van der Waals surface area contributed by atoms with Crippen LogP contribution in [0.4, 0.5) is 0 Å². The number of carbonyl (C=O) groups is 1. The summed E-state index contributed by atoms with van der Waals surface area (Å²) in [7, 11) is 0. The maximum absolute atomic E-state index is 12.7. The Bertz CT molecular complexity index is 1020. The van der Waals surface area contributed by atoms with Crippen molar-refractivity contribution >= 4 is 16.7 Å². The summed E-state index contributed by atoms with van der Waals surface area (Å²) in [5, 5.41) is 3.08. The van der Waals surface area contributed by atoms with E-state index in [1.54, 1.807) is 29.2 Å². The molecular weight excluding hydrogens is 332 g/mol. The minimum atomic E-state index is -0.402. The van der Waals surface area contributed by atoms with Crippen LogP contribution in [0.2, 0.25) is 0 Å². The first-order valence-electron chi connectivity index (χ1n) is 8.34. The molecule has 0 aliphatic rings. The SMILES string of the molecule is NCCN(Cc1ccccc1)C(=O)Cn1[nH]c(=O)c2ccccc2c1=O. The molecule has 0 spiro atoms. The van der Waals surface area contributed by atoms with Crippen molar-refractivity contribution in [1.29, 1.82) is 0 Å². The van der Waals surface area contributed by atoms with Crippen LogP contribution in [0.5, 0.6) is 0 Å². The van der Waals surface area contributed by atoms with Gasteiger partial charge in [-0.05, 0) is 17.7 Å².